The van der Waals surface area contributed by atoms with Crippen molar-refractivity contribution >= 4 is 58.3 Å². The van der Waals surface area contributed by atoms with E-state index in [1.807, 2.05) is 0 Å². The van der Waals surface area contributed by atoms with Crippen LogP contribution in [0.25, 0.3) is 0 Å². The number of carbonyl (C=O) groups is 2. The third-order valence-corrected chi connectivity index (χ3v) is 4.08. The third kappa shape index (κ3) is 4.78. The molecule has 0 aliphatic heterocycles. The normalized spacial score (nSPS) is 9.64. The van der Waals surface area contributed by atoms with Crippen LogP contribution in [-0.2, 0) is 0 Å². The topological polar surface area (TPSA) is 74.6 Å². The summed E-state index contributed by atoms with van der Waals surface area (Å²) in [4.78, 5) is 20.9. The molecule has 116 valence electrons. The Balaban J connectivity index is 0.000000224. The summed E-state index contributed by atoms with van der Waals surface area (Å²) >= 11 is 22.5. The van der Waals surface area contributed by atoms with Gasteiger partial charge in [0.1, 0.15) is 0 Å². The lowest BCUT2D eigenvalue weighted by Crippen LogP contribution is -2.06. The van der Waals surface area contributed by atoms with Crippen LogP contribution in [0.5, 0.6) is 0 Å². The molecule has 2 aromatic rings. The molecule has 2 N–H and O–H groups in total. The fraction of sp³-hybridized carbons (Fsp3) is 0. The summed E-state index contributed by atoms with van der Waals surface area (Å²) in [6.07, 6.45) is 0. The summed E-state index contributed by atoms with van der Waals surface area (Å²) in [5.74, 6) is -2.46. The second-order valence-electron chi connectivity index (χ2n) is 3.81. The van der Waals surface area contributed by atoms with E-state index in [1.54, 1.807) is 12.1 Å². The Morgan fingerprint density at radius 2 is 1.00 bits per heavy atom. The maximum atomic E-state index is 10.5. The molecular weight excluding hydrogens is 374 g/mol. The van der Waals surface area contributed by atoms with E-state index in [0.29, 0.717) is 20.1 Å². The number of hydrogen-bond acceptors (Lipinski definition) is 2. The minimum absolute atomic E-state index is 0.190. The van der Waals surface area contributed by atoms with Crippen LogP contribution in [-0.4, -0.2) is 22.2 Å². The van der Waals surface area contributed by atoms with Gasteiger partial charge >= 0.3 is 11.9 Å². The average Bonchev–Trinajstić information content (AvgIpc) is 2.49. The molecule has 0 atom stereocenters. The fourth-order valence-electron chi connectivity index (χ4n) is 1.36. The Bertz CT molecular complexity index is 656. The standard InChI is InChI=1S/C8H6O4.C6H2Cl4/c9-7(10)5-3-1-2-4-6(5)8(11)12;7-3-1-2-4(8)6(10)5(3)9/h1-4H,(H,9,10)(H,11,12);1-2H. The van der Waals surface area contributed by atoms with Gasteiger partial charge in [-0.15, -0.1) is 0 Å². The lowest BCUT2D eigenvalue weighted by molar-refractivity contribution is 0.0651. The SMILES string of the molecule is Clc1ccc(Cl)c(Cl)c1Cl.O=C(O)c1ccccc1C(=O)O. The van der Waals surface area contributed by atoms with E-state index in [1.165, 1.54) is 24.3 Å². The van der Waals surface area contributed by atoms with Crippen LogP contribution in [0, 0.1) is 0 Å². The molecule has 22 heavy (non-hydrogen) atoms. The van der Waals surface area contributed by atoms with E-state index < -0.39 is 11.9 Å². The summed E-state index contributed by atoms with van der Waals surface area (Å²) in [5, 5.41) is 18.5. The monoisotopic (exact) mass is 380 g/mol. The molecule has 0 fully saturated rings. The van der Waals surface area contributed by atoms with Gasteiger partial charge in [0.2, 0.25) is 0 Å². The van der Waals surface area contributed by atoms with E-state index in [0.717, 1.165) is 0 Å². The quantitative estimate of drug-likeness (QED) is 0.540. The highest BCUT2D eigenvalue weighted by Gasteiger charge is 2.13. The van der Waals surface area contributed by atoms with Gasteiger partial charge in [0, 0.05) is 0 Å². The van der Waals surface area contributed by atoms with Crippen molar-refractivity contribution in [2.45, 2.75) is 0 Å². The first-order chi connectivity index (χ1) is 10.3. The molecule has 0 spiro atoms. The zero-order valence-electron chi connectivity index (χ0n) is 10.7. The summed E-state index contributed by atoms with van der Waals surface area (Å²) in [5.41, 5.74) is -0.380. The van der Waals surface area contributed by atoms with Gasteiger partial charge in [-0.25, -0.2) is 9.59 Å². The van der Waals surface area contributed by atoms with Crippen LogP contribution in [0.3, 0.4) is 0 Å². The summed E-state index contributed by atoms with van der Waals surface area (Å²) in [6.45, 7) is 0. The number of rotatable bonds is 2. The minimum atomic E-state index is -1.23. The third-order valence-electron chi connectivity index (χ3n) is 2.38. The van der Waals surface area contributed by atoms with Crippen LogP contribution in [0.1, 0.15) is 20.7 Å². The number of carboxylic acid groups (broad SMARTS) is 2. The average molecular weight is 382 g/mol. The molecule has 4 nitrogen and oxygen atoms in total. The summed E-state index contributed by atoms with van der Waals surface area (Å²) in [6, 6.07) is 8.67. The smallest absolute Gasteiger partial charge is 0.336 e. The summed E-state index contributed by atoms with van der Waals surface area (Å²) < 4.78 is 0. The Hall–Kier alpha value is -1.46. The molecule has 0 amide bonds. The molecule has 0 radical (unpaired) electrons. The van der Waals surface area contributed by atoms with Crippen LogP contribution >= 0.6 is 46.4 Å². The molecular formula is C14H8Cl4O4. The number of benzene rings is 2. The molecule has 2 aromatic carbocycles. The van der Waals surface area contributed by atoms with Gasteiger partial charge in [-0.05, 0) is 24.3 Å². The maximum absolute atomic E-state index is 10.5. The molecule has 2 rings (SSSR count). The lowest BCUT2D eigenvalue weighted by atomic mass is 10.1. The van der Waals surface area contributed by atoms with Gasteiger partial charge in [-0.1, -0.05) is 58.5 Å². The second kappa shape index (κ2) is 8.25. The highest BCUT2D eigenvalue weighted by molar-refractivity contribution is 6.51. The predicted molar refractivity (Wildman–Crippen MR) is 86.8 cm³/mol. The molecule has 0 aliphatic carbocycles. The number of carboxylic acids is 2. The molecule has 0 aromatic heterocycles. The number of halogens is 4. The first-order valence-electron chi connectivity index (χ1n) is 5.60. The molecule has 0 unspecified atom stereocenters. The van der Waals surface area contributed by atoms with Crippen molar-refractivity contribution in [3.8, 4) is 0 Å². The van der Waals surface area contributed by atoms with E-state index in [4.69, 9.17) is 56.6 Å². The first-order valence-corrected chi connectivity index (χ1v) is 7.11. The Morgan fingerprint density at radius 3 is 1.27 bits per heavy atom. The fourth-order valence-corrected chi connectivity index (χ4v) is 2.10. The van der Waals surface area contributed by atoms with Gasteiger partial charge < -0.3 is 10.2 Å². The van der Waals surface area contributed by atoms with Gasteiger partial charge in [0.25, 0.3) is 0 Å². The van der Waals surface area contributed by atoms with Crippen molar-refractivity contribution in [3.63, 3.8) is 0 Å². The highest BCUT2D eigenvalue weighted by Crippen LogP contribution is 2.34. The highest BCUT2D eigenvalue weighted by atomic mass is 35.5. The van der Waals surface area contributed by atoms with Gasteiger partial charge in [0.05, 0.1) is 31.2 Å². The van der Waals surface area contributed by atoms with E-state index in [9.17, 15) is 9.59 Å². The first kappa shape index (κ1) is 18.6. The second-order valence-corrected chi connectivity index (χ2v) is 5.38. The van der Waals surface area contributed by atoms with Crippen LogP contribution < -0.4 is 0 Å². The molecule has 8 heteroatoms. The van der Waals surface area contributed by atoms with Gasteiger partial charge in [-0.2, -0.15) is 0 Å². The molecule has 0 saturated carbocycles. The van der Waals surface area contributed by atoms with E-state index in [2.05, 4.69) is 0 Å². The summed E-state index contributed by atoms with van der Waals surface area (Å²) in [7, 11) is 0. The van der Waals surface area contributed by atoms with Crippen molar-refractivity contribution in [1.82, 2.24) is 0 Å². The number of hydrogen-bond donors (Lipinski definition) is 2. The minimum Gasteiger partial charge on any atom is -0.478 e. The van der Waals surface area contributed by atoms with Crippen molar-refractivity contribution in [3.05, 3.63) is 67.6 Å². The van der Waals surface area contributed by atoms with E-state index >= 15 is 0 Å². The van der Waals surface area contributed by atoms with Crippen LogP contribution in [0.4, 0.5) is 0 Å². The predicted octanol–water partition coefficient (Wildman–Crippen LogP) is 5.38. The Kier molecular flexibility index (Phi) is 6.97. The lowest BCUT2D eigenvalue weighted by Gasteiger charge is -1.98. The van der Waals surface area contributed by atoms with Crippen LogP contribution in [0.2, 0.25) is 20.1 Å². The van der Waals surface area contributed by atoms with Crippen molar-refractivity contribution in [2.24, 2.45) is 0 Å². The zero-order chi connectivity index (χ0) is 16.9. The van der Waals surface area contributed by atoms with Crippen LogP contribution in [0.15, 0.2) is 36.4 Å². The van der Waals surface area contributed by atoms with Gasteiger partial charge in [0.15, 0.2) is 0 Å². The Morgan fingerprint density at radius 1 is 0.682 bits per heavy atom. The van der Waals surface area contributed by atoms with Crippen molar-refractivity contribution in [2.75, 3.05) is 0 Å². The van der Waals surface area contributed by atoms with E-state index in [-0.39, 0.29) is 11.1 Å². The zero-order valence-corrected chi connectivity index (χ0v) is 13.7. The Labute approximate surface area is 145 Å². The largest absolute Gasteiger partial charge is 0.478 e. The van der Waals surface area contributed by atoms with Crippen molar-refractivity contribution in [1.29, 1.82) is 0 Å². The van der Waals surface area contributed by atoms with Crippen molar-refractivity contribution < 1.29 is 19.8 Å². The molecule has 0 aliphatic rings. The molecule has 0 heterocycles. The molecule has 0 saturated heterocycles. The number of aromatic carboxylic acids is 2. The maximum Gasteiger partial charge on any atom is 0.336 e. The molecule has 0 bridgehead atoms. The van der Waals surface area contributed by atoms with Gasteiger partial charge in [-0.3, -0.25) is 0 Å².